The Hall–Kier alpha value is -2.75. The van der Waals surface area contributed by atoms with Gasteiger partial charge in [-0.25, -0.2) is 0 Å². The molecular weight excluding hydrogens is 272 g/mol. The molecule has 0 bridgehead atoms. The first-order valence-electron chi connectivity index (χ1n) is 7.35. The van der Waals surface area contributed by atoms with Gasteiger partial charge in [-0.2, -0.15) is 4.68 Å². The Labute approximate surface area is 129 Å². The van der Waals surface area contributed by atoms with E-state index in [0.717, 1.165) is 12.1 Å². The van der Waals surface area contributed by atoms with Crippen LogP contribution in [0.4, 0.5) is 0 Å². The number of allylic oxidation sites excluding steroid dienone is 1. The minimum Gasteiger partial charge on any atom is -0.200 e. The predicted molar refractivity (Wildman–Crippen MR) is 86.7 cm³/mol. The molecule has 1 heterocycles. The van der Waals surface area contributed by atoms with Gasteiger partial charge in [-0.05, 0) is 53.5 Å². The van der Waals surface area contributed by atoms with Crippen molar-refractivity contribution in [2.75, 3.05) is 0 Å². The molecule has 3 aromatic rings. The molecule has 0 saturated carbocycles. The van der Waals surface area contributed by atoms with Crippen molar-refractivity contribution in [2.45, 2.75) is 20.3 Å². The number of benzene rings is 2. The SMILES string of the molecule is CC1=Cc2c(cc(-c3ccc(C)cc3)cc2-n2cnnn2)C1. The van der Waals surface area contributed by atoms with Gasteiger partial charge in [0.15, 0.2) is 0 Å². The second-order valence-electron chi connectivity index (χ2n) is 5.86. The fourth-order valence-corrected chi connectivity index (χ4v) is 2.98. The lowest BCUT2D eigenvalue weighted by molar-refractivity contribution is 0.787. The topological polar surface area (TPSA) is 43.6 Å². The Morgan fingerprint density at radius 1 is 1.00 bits per heavy atom. The first-order chi connectivity index (χ1) is 10.7. The van der Waals surface area contributed by atoms with Crippen molar-refractivity contribution in [3.05, 3.63) is 65.0 Å². The molecule has 4 rings (SSSR count). The molecule has 0 atom stereocenters. The monoisotopic (exact) mass is 288 g/mol. The van der Waals surface area contributed by atoms with Gasteiger partial charge in [0.25, 0.3) is 0 Å². The van der Waals surface area contributed by atoms with E-state index in [9.17, 15) is 0 Å². The lowest BCUT2D eigenvalue weighted by Crippen LogP contribution is -2.00. The van der Waals surface area contributed by atoms with E-state index in [0.29, 0.717) is 0 Å². The van der Waals surface area contributed by atoms with Crippen molar-refractivity contribution in [1.29, 1.82) is 0 Å². The molecule has 0 N–H and O–H groups in total. The Morgan fingerprint density at radius 3 is 2.55 bits per heavy atom. The lowest BCUT2D eigenvalue weighted by Gasteiger charge is -2.11. The second-order valence-corrected chi connectivity index (χ2v) is 5.86. The van der Waals surface area contributed by atoms with E-state index >= 15 is 0 Å². The number of aromatic nitrogens is 4. The van der Waals surface area contributed by atoms with Crippen LogP contribution in [-0.2, 0) is 6.42 Å². The van der Waals surface area contributed by atoms with Gasteiger partial charge in [0.05, 0.1) is 5.69 Å². The Kier molecular flexibility index (Phi) is 2.89. The molecule has 108 valence electrons. The summed E-state index contributed by atoms with van der Waals surface area (Å²) in [4.78, 5) is 0. The summed E-state index contributed by atoms with van der Waals surface area (Å²) >= 11 is 0. The summed E-state index contributed by atoms with van der Waals surface area (Å²) in [6.45, 7) is 4.27. The van der Waals surface area contributed by atoms with Crippen LogP contribution in [0.15, 0.2) is 48.3 Å². The number of fused-ring (bicyclic) bond motifs is 1. The molecule has 0 unspecified atom stereocenters. The van der Waals surface area contributed by atoms with Gasteiger partial charge in [0.1, 0.15) is 6.33 Å². The van der Waals surface area contributed by atoms with Gasteiger partial charge in [-0.15, -0.1) is 5.10 Å². The smallest absolute Gasteiger partial charge is 0.143 e. The molecular formula is C18H16N4. The van der Waals surface area contributed by atoms with Gasteiger partial charge < -0.3 is 0 Å². The molecule has 0 aliphatic heterocycles. The van der Waals surface area contributed by atoms with Crippen LogP contribution < -0.4 is 0 Å². The molecule has 0 fully saturated rings. The van der Waals surface area contributed by atoms with Crippen LogP contribution >= 0.6 is 0 Å². The average Bonchev–Trinajstić information content (AvgIpc) is 3.15. The average molecular weight is 288 g/mol. The highest BCUT2D eigenvalue weighted by Crippen LogP contribution is 2.34. The first kappa shape index (κ1) is 13.0. The van der Waals surface area contributed by atoms with E-state index in [2.05, 4.69) is 71.8 Å². The maximum absolute atomic E-state index is 4.06. The fourth-order valence-electron chi connectivity index (χ4n) is 2.98. The van der Waals surface area contributed by atoms with Crippen LogP contribution in [0.1, 0.15) is 23.6 Å². The molecule has 4 heteroatoms. The van der Waals surface area contributed by atoms with Gasteiger partial charge in [0, 0.05) is 5.56 Å². The van der Waals surface area contributed by atoms with Crippen LogP contribution in [0.5, 0.6) is 0 Å². The Morgan fingerprint density at radius 2 is 1.82 bits per heavy atom. The van der Waals surface area contributed by atoms with Crippen molar-refractivity contribution < 1.29 is 0 Å². The molecule has 0 amide bonds. The molecule has 1 aliphatic rings. The number of aryl methyl sites for hydroxylation is 1. The molecule has 0 radical (unpaired) electrons. The Bertz CT molecular complexity index is 859. The van der Waals surface area contributed by atoms with Gasteiger partial charge in [0.2, 0.25) is 0 Å². The summed E-state index contributed by atoms with van der Waals surface area (Å²) in [7, 11) is 0. The first-order valence-corrected chi connectivity index (χ1v) is 7.35. The van der Waals surface area contributed by atoms with E-state index in [4.69, 9.17) is 0 Å². The third-order valence-corrected chi connectivity index (χ3v) is 4.08. The summed E-state index contributed by atoms with van der Waals surface area (Å²) < 4.78 is 1.74. The molecule has 0 saturated heterocycles. The normalized spacial score (nSPS) is 13.1. The Balaban J connectivity index is 1.91. The van der Waals surface area contributed by atoms with E-state index < -0.39 is 0 Å². The van der Waals surface area contributed by atoms with Crippen LogP contribution in [-0.4, -0.2) is 20.2 Å². The summed E-state index contributed by atoms with van der Waals surface area (Å²) in [5, 5.41) is 11.6. The molecule has 1 aliphatic carbocycles. The van der Waals surface area contributed by atoms with Crippen molar-refractivity contribution in [2.24, 2.45) is 0 Å². The standard InChI is InChI=1S/C18H16N4/c1-12-3-5-14(6-4-12)15-9-16-7-13(2)8-17(16)18(10-15)22-11-19-20-21-22/h3-6,8-11H,7H2,1-2H3. The molecule has 0 spiro atoms. The third kappa shape index (κ3) is 2.13. The zero-order valence-electron chi connectivity index (χ0n) is 12.6. The van der Waals surface area contributed by atoms with E-state index in [1.165, 1.54) is 33.4 Å². The van der Waals surface area contributed by atoms with Crippen LogP contribution in [0.3, 0.4) is 0 Å². The van der Waals surface area contributed by atoms with Gasteiger partial charge in [-0.3, -0.25) is 0 Å². The van der Waals surface area contributed by atoms with Gasteiger partial charge in [-0.1, -0.05) is 47.5 Å². The van der Waals surface area contributed by atoms with Crippen molar-refractivity contribution in [3.8, 4) is 16.8 Å². The summed E-state index contributed by atoms with van der Waals surface area (Å²) in [6.07, 6.45) is 4.87. The summed E-state index contributed by atoms with van der Waals surface area (Å²) in [5.74, 6) is 0. The minimum absolute atomic E-state index is 0.990. The summed E-state index contributed by atoms with van der Waals surface area (Å²) in [5.41, 5.74) is 8.64. The van der Waals surface area contributed by atoms with Crippen LogP contribution in [0.25, 0.3) is 22.9 Å². The van der Waals surface area contributed by atoms with Crippen LogP contribution in [0, 0.1) is 6.92 Å². The number of rotatable bonds is 2. The fraction of sp³-hybridized carbons (Fsp3) is 0.167. The van der Waals surface area contributed by atoms with Crippen molar-refractivity contribution in [3.63, 3.8) is 0 Å². The molecule has 4 nitrogen and oxygen atoms in total. The van der Waals surface area contributed by atoms with Gasteiger partial charge >= 0.3 is 0 Å². The predicted octanol–water partition coefficient (Wildman–Crippen LogP) is 3.60. The zero-order valence-corrected chi connectivity index (χ0v) is 12.6. The summed E-state index contributed by atoms with van der Waals surface area (Å²) in [6, 6.07) is 13.0. The van der Waals surface area contributed by atoms with Crippen molar-refractivity contribution in [1.82, 2.24) is 20.2 Å². The lowest BCUT2D eigenvalue weighted by atomic mass is 9.98. The minimum atomic E-state index is 0.990. The highest BCUT2D eigenvalue weighted by atomic mass is 15.5. The van der Waals surface area contributed by atoms with E-state index in [1.807, 2.05) is 0 Å². The quantitative estimate of drug-likeness (QED) is 0.723. The molecule has 2 aromatic carbocycles. The highest BCUT2D eigenvalue weighted by molar-refractivity contribution is 5.77. The zero-order chi connectivity index (χ0) is 15.1. The van der Waals surface area contributed by atoms with E-state index in [-0.39, 0.29) is 0 Å². The van der Waals surface area contributed by atoms with Crippen LogP contribution in [0.2, 0.25) is 0 Å². The number of tetrazole rings is 1. The third-order valence-electron chi connectivity index (χ3n) is 4.08. The maximum atomic E-state index is 4.06. The highest BCUT2D eigenvalue weighted by Gasteiger charge is 2.17. The number of nitrogens with zero attached hydrogens (tertiary/aromatic N) is 4. The molecule has 1 aromatic heterocycles. The second kappa shape index (κ2) is 4.91. The number of hydrogen-bond acceptors (Lipinski definition) is 3. The largest absolute Gasteiger partial charge is 0.200 e. The molecule has 22 heavy (non-hydrogen) atoms. The van der Waals surface area contributed by atoms with Crippen molar-refractivity contribution >= 4 is 6.08 Å². The van der Waals surface area contributed by atoms with E-state index in [1.54, 1.807) is 11.0 Å². The number of hydrogen-bond donors (Lipinski definition) is 0. The maximum Gasteiger partial charge on any atom is 0.143 e.